The molecular formula is C24H35ClN6O2. The Kier molecular flexibility index (Phi) is 9.03. The van der Waals surface area contributed by atoms with Crippen LogP contribution in [0, 0.1) is 0 Å². The van der Waals surface area contributed by atoms with Gasteiger partial charge in [0.15, 0.2) is 0 Å². The van der Waals surface area contributed by atoms with Crippen LogP contribution >= 0.6 is 12.4 Å². The number of hydrogen-bond donors (Lipinski definition) is 2. The van der Waals surface area contributed by atoms with Gasteiger partial charge in [0.2, 0.25) is 0 Å². The van der Waals surface area contributed by atoms with Gasteiger partial charge in [0, 0.05) is 52.0 Å². The van der Waals surface area contributed by atoms with Gasteiger partial charge >= 0.3 is 0 Å². The molecule has 0 bridgehead atoms. The van der Waals surface area contributed by atoms with Crippen LogP contribution in [0.25, 0.3) is 0 Å². The topological polar surface area (TPSA) is 73.0 Å². The van der Waals surface area contributed by atoms with Crippen molar-refractivity contribution in [1.82, 2.24) is 15.4 Å². The number of anilines is 3. The number of amides is 1. The summed E-state index contributed by atoms with van der Waals surface area (Å²) in [5.74, 6) is 1.55. The van der Waals surface area contributed by atoms with Crippen LogP contribution in [-0.4, -0.2) is 68.8 Å². The third-order valence-corrected chi connectivity index (χ3v) is 6.09. The molecule has 2 fully saturated rings. The van der Waals surface area contributed by atoms with Gasteiger partial charge in [0.25, 0.3) is 5.91 Å². The molecule has 0 aliphatic carbocycles. The standard InChI is InChI=1S/C24H34N6O2.ClH/c1-3-11-25-19-10-12-26-23(22(19)24(31)27-30-13-6-7-14-30)29-17-15-28(16-18-29)20-8-4-5-9-21(20)32-2;/h4-5,8-10,12H,3,6-7,11,13-18H2,1-2H3,(H,25,26)(H,27,31);1H. The Bertz CT molecular complexity index is 914. The Hall–Kier alpha value is -2.71. The quantitative estimate of drug-likeness (QED) is 0.607. The average Bonchev–Trinajstić information content (AvgIpc) is 3.35. The minimum Gasteiger partial charge on any atom is -0.495 e. The number of pyridine rings is 1. The van der Waals surface area contributed by atoms with Gasteiger partial charge in [0.1, 0.15) is 17.1 Å². The molecule has 4 rings (SSSR count). The van der Waals surface area contributed by atoms with Crippen molar-refractivity contribution in [3.8, 4) is 5.75 Å². The molecule has 0 spiro atoms. The highest BCUT2D eigenvalue weighted by Gasteiger charge is 2.27. The number of nitrogens with one attached hydrogen (secondary N) is 2. The molecule has 0 atom stereocenters. The Morgan fingerprint density at radius 1 is 1.03 bits per heavy atom. The first-order valence-electron chi connectivity index (χ1n) is 11.6. The van der Waals surface area contributed by atoms with Crippen molar-refractivity contribution in [2.45, 2.75) is 26.2 Å². The van der Waals surface area contributed by atoms with Crippen LogP contribution in [0.15, 0.2) is 36.5 Å². The SMILES string of the molecule is CCCNc1ccnc(N2CCN(c3ccccc3OC)CC2)c1C(=O)NN1CCCC1.Cl. The molecule has 8 nitrogen and oxygen atoms in total. The summed E-state index contributed by atoms with van der Waals surface area (Å²) >= 11 is 0. The van der Waals surface area contributed by atoms with E-state index in [1.165, 1.54) is 0 Å². The van der Waals surface area contributed by atoms with E-state index >= 15 is 0 Å². The minimum absolute atomic E-state index is 0. The van der Waals surface area contributed by atoms with Gasteiger partial charge < -0.3 is 19.9 Å². The lowest BCUT2D eigenvalue weighted by Gasteiger charge is -2.38. The van der Waals surface area contributed by atoms with E-state index in [2.05, 4.69) is 38.5 Å². The molecule has 1 amide bonds. The molecule has 0 saturated carbocycles. The predicted octanol–water partition coefficient (Wildman–Crippen LogP) is 3.40. The van der Waals surface area contributed by atoms with E-state index in [-0.39, 0.29) is 18.3 Å². The van der Waals surface area contributed by atoms with Crippen LogP contribution in [0.3, 0.4) is 0 Å². The lowest BCUT2D eigenvalue weighted by Crippen LogP contribution is -2.48. The molecule has 2 aromatic rings. The van der Waals surface area contributed by atoms with Crippen LogP contribution in [-0.2, 0) is 0 Å². The number of aromatic nitrogens is 1. The van der Waals surface area contributed by atoms with Crippen LogP contribution in [0.5, 0.6) is 5.75 Å². The van der Waals surface area contributed by atoms with E-state index < -0.39 is 0 Å². The van der Waals surface area contributed by atoms with Gasteiger partial charge in [-0.25, -0.2) is 9.99 Å². The number of para-hydroxylation sites is 2. The fourth-order valence-corrected chi connectivity index (χ4v) is 4.40. The third-order valence-electron chi connectivity index (χ3n) is 6.09. The van der Waals surface area contributed by atoms with Crippen molar-refractivity contribution in [2.75, 3.05) is 68.0 Å². The molecule has 180 valence electrons. The van der Waals surface area contributed by atoms with E-state index in [0.29, 0.717) is 5.56 Å². The highest BCUT2D eigenvalue weighted by Crippen LogP contribution is 2.31. The van der Waals surface area contributed by atoms with Crippen molar-refractivity contribution >= 4 is 35.5 Å². The Labute approximate surface area is 202 Å². The van der Waals surface area contributed by atoms with Gasteiger partial charge in [-0.15, -0.1) is 12.4 Å². The second-order valence-corrected chi connectivity index (χ2v) is 8.26. The molecule has 9 heteroatoms. The van der Waals surface area contributed by atoms with Gasteiger partial charge in [0.05, 0.1) is 18.5 Å². The molecule has 2 saturated heterocycles. The van der Waals surface area contributed by atoms with Crippen LogP contribution in [0.4, 0.5) is 17.2 Å². The smallest absolute Gasteiger partial charge is 0.271 e. The first-order valence-corrected chi connectivity index (χ1v) is 11.6. The summed E-state index contributed by atoms with van der Waals surface area (Å²) in [6, 6.07) is 10.0. The molecule has 0 unspecified atom stereocenters. The predicted molar refractivity (Wildman–Crippen MR) is 136 cm³/mol. The number of hydrogen-bond acceptors (Lipinski definition) is 7. The number of benzene rings is 1. The van der Waals surface area contributed by atoms with E-state index in [0.717, 1.165) is 88.0 Å². The Morgan fingerprint density at radius 3 is 2.42 bits per heavy atom. The zero-order valence-electron chi connectivity index (χ0n) is 19.5. The summed E-state index contributed by atoms with van der Waals surface area (Å²) in [6.07, 6.45) is 5.02. The normalized spacial score (nSPS) is 16.3. The monoisotopic (exact) mass is 474 g/mol. The molecular weight excluding hydrogens is 440 g/mol. The summed E-state index contributed by atoms with van der Waals surface area (Å²) in [5, 5.41) is 5.44. The number of hydrazine groups is 1. The highest BCUT2D eigenvalue weighted by atomic mass is 35.5. The maximum atomic E-state index is 13.3. The summed E-state index contributed by atoms with van der Waals surface area (Å²) < 4.78 is 5.54. The maximum Gasteiger partial charge on any atom is 0.271 e. The van der Waals surface area contributed by atoms with Gasteiger partial charge in [-0.2, -0.15) is 0 Å². The lowest BCUT2D eigenvalue weighted by atomic mass is 10.1. The second-order valence-electron chi connectivity index (χ2n) is 8.26. The van der Waals surface area contributed by atoms with Crippen LogP contribution in [0.2, 0.25) is 0 Å². The number of ether oxygens (including phenoxy) is 1. The fraction of sp³-hybridized carbons (Fsp3) is 0.500. The number of methoxy groups -OCH3 is 1. The van der Waals surface area contributed by atoms with Crippen molar-refractivity contribution in [3.63, 3.8) is 0 Å². The van der Waals surface area contributed by atoms with Gasteiger partial charge in [-0.05, 0) is 37.5 Å². The van der Waals surface area contributed by atoms with Crippen molar-refractivity contribution in [1.29, 1.82) is 0 Å². The number of carbonyl (C=O) groups excluding carboxylic acids is 1. The maximum absolute atomic E-state index is 13.3. The third kappa shape index (κ3) is 5.81. The number of piperazine rings is 1. The number of carbonyl (C=O) groups is 1. The highest BCUT2D eigenvalue weighted by molar-refractivity contribution is 6.04. The zero-order valence-corrected chi connectivity index (χ0v) is 20.4. The molecule has 1 aromatic carbocycles. The lowest BCUT2D eigenvalue weighted by molar-refractivity contribution is 0.0827. The number of rotatable bonds is 8. The largest absolute Gasteiger partial charge is 0.495 e. The summed E-state index contributed by atoms with van der Waals surface area (Å²) in [4.78, 5) is 22.5. The Morgan fingerprint density at radius 2 is 1.73 bits per heavy atom. The molecule has 0 radical (unpaired) electrons. The van der Waals surface area contributed by atoms with E-state index in [4.69, 9.17) is 4.74 Å². The summed E-state index contributed by atoms with van der Waals surface area (Å²) in [5.41, 5.74) is 5.69. The fourth-order valence-electron chi connectivity index (χ4n) is 4.40. The molecule has 2 aliphatic heterocycles. The van der Waals surface area contributed by atoms with Crippen LogP contribution in [0.1, 0.15) is 36.5 Å². The van der Waals surface area contributed by atoms with Crippen molar-refractivity contribution < 1.29 is 9.53 Å². The van der Waals surface area contributed by atoms with Crippen LogP contribution < -0.4 is 25.3 Å². The number of nitrogens with zero attached hydrogens (tertiary/aromatic N) is 4. The van der Waals surface area contributed by atoms with E-state index in [1.54, 1.807) is 13.3 Å². The van der Waals surface area contributed by atoms with Gasteiger partial charge in [-0.1, -0.05) is 19.1 Å². The molecule has 1 aromatic heterocycles. The minimum atomic E-state index is -0.0826. The Balaban J connectivity index is 0.00000306. The number of halogens is 1. The summed E-state index contributed by atoms with van der Waals surface area (Å²) in [7, 11) is 1.71. The van der Waals surface area contributed by atoms with Crippen molar-refractivity contribution in [2.24, 2.45) is 0 Å². The van der Waals surface area contributed by atoms with E-state index in [1.807, 2.05) is 29.3 Å². The zero-order chi connectivity index (χ0) is 22.3. The summed E-state index contributed by atoms with van der Waals surface area (Å²) in [6.45, 7) is 7.97. The van der Waals surface area contributed by atoms with Crippen molar-refractivity contribution in [3.05, 3.63) is 42.1 Å². The average molecular weight is 475 g/mol. The molecule has 3 heterocycles. The molecule has 33 heavy (non-hydrogen) atoms. The van der Waals surface area contributed by atoms with Gasteiger partial charge in [-0.3, -0.25) is 10.2 Å². The second kappa shape index (κ2) is 12.0. The first kappa shape index (κ1) is 24.9. The molecule has 2 aliphatic rings. The first-order chi connectivity index (χ1) is 15.7. The molecule has 2 N–H and O–H groups in total. The van der Waals surface area contributed by atoms with E-state index in [9.17, 15) is 4.79 Å².